The molecule has 1 aromatic carbocycles. The minimum absolute atomic E-state index is 0. The van der Waals surface area contributed by atoms with Gasteiger partial charge in [-0.15, -0.1) is 12.4 Å². The summed E-state index contributed by atoms with van der Waals surface area (Å²) in [6.45, 7) is 2.25. The van der Waals surface area contributed by atoms with Crippen LogP contribution in [0.5, 0.6) is 0 Å². The third kappa shape index (κ3) is 4.16. The van der Waals surface area contributed by atoms with Gasteiger partial charge in [0.2, 0.25) is 5.91 Å². The highest BCUT2D eigenvalue weighted by atomic mass is 35.5. The first kappa shape index (κ1) is 14.9. The van der Waals surface area contributed by atoms with Crippen LogP contribution in [0.15, 0.2) is 18.2 Å². The van der Waals surface area contributed by atoms with Gasteiger partial charge < -0.3 is 10.6 Å². The van der Waals surface area contributed by atoms with E-state index >= 15 is 0 Å². The molecular weight excluding hydrogens is 231 g/mol. The van der Waals surface area contributed by atoms with Crippen LogP contribution in [0.2, 0.25) is 0 Å². The molecule has 2 N–H and O–H groups in total. The summed E-state index contributed by atoms with van der Waals surface area (Å²) in [5.41, 5.74) is 1.01. The van der Waals surface area contributed by atoms with Crippen molar-refractivity contribution in [1.82, 2.24) is 5.32 Å². The zero-order valence-electron chi connectivity index (χ0n) is 9.34. The van der Waals surface area contributed by atoms with Gasteiger partial charge in [-0.25, -0.2) is 4.39 Å². The molecular formula is C11H16ClFN2O. The molecule has 0 spiro atoms. The summed E-state index contributed by atoms with van der Waals surface area (Å²) in [4.78, 5) is 11.4. The standard InChI is InChI=1S/C11H15FN2O.ClH/c1-8-9(12)4-3-5-10(8)14-11(15)6-7-13-2;/h3-5,13H,6-7H2,1-2H3,(H,14,15);1H. The number of carbonyl (C=O) groups excluding carboxylic acids is 1. The van der Waals surface area contributed by atoms with E-state index in [-0.39, 0.29) is 24.1 Å². The number of benzene rings is 1. The third-order valence-electron chi connectivity index (χ3n) is 2.14. The summed E-state index contributed by atoms with van der Waals surface area (Å²) in [5, 5.41) is 5.54. The maximum Gasteiger partial charge on any atom is 0.225 e. The SMILES string of the molecule is CNCCC(=O)Nc1cccc(F)c1C.Cl. The Morgan fingerprint density at radius 2 is 2.12 bits per heavy atom. The zero-order valence-corrected chi connectivity index (χ0v) is 10.2. The number of hydrogen-bond acceptors (Lipinski definition) is 2. The van der Waals surface area contributed by atoms with Crippen molar-refractivity contribution < 1.29 is 9.18 Å². The van der Waals surface area contributed by atoms with E-state index in [1.165, 1.54) is 6.07 Å². The van der Waals surface area contributed by atoms with E-state index in [0.29, 0.717) is 24.2 Å². The van der Waals surface area contributed by atoms with Gasteiger partial charge in [0.25, 0.3) is 0 Å². The molecule has 0 saturated carbocycles. The maximum absolute atomic E-state index is 13.1. The molecule has 1 amide bonds. The second-order valence-electron chi connectivity index (χ2n) is 3.31. The topological polar surface area (TPSA) is 41.1 Å². The van der Waals surface area contributed by atoms with Crippen LogP contribution in [0.3, 0.4) is 0 Å². The molecule has 0 radical (unpaired) electrons. The molecule has 3 nitrogen and oxygen atoms in total. The van der Waals surface area contributed by atoms with Gasteiger partial charge in [-0.2, -0.15) is 0 Å². The number of hydrogen-bond donors (Lipinski definition) is 2. The molecule has 5 heteroatoms. The van der Waals surface area contributed by atoms with Gasteiger partial charge in [0.05, 0.1) is 0 Å². The number of amides is 1. The summed E-state index contributed by atoms with van der Waals surface area (Å²) in [5.74, 6) is -0.417. The van der Waals surface area contributed by atoms with E-state index in [4.69, 9.17) is 0 Å². The van der Waals surface area contributed by atoms with Crippen molar-refractivity contribution in [2.24, 2.45) is 0 Å². The average molecular weight is 247 g/mol. The van der Waals surface area contributed by atoms with Crippen LogP contribution in [-0.4, -0.2) is 19.5 Å². The van der Waals surface area contributed by atoms with Gasteiger partial charge in [0.1, 0.15) is 5.82 Å². The van der Waals surface area contributed by atoms with Crippen molar-refractivity contribution in [3.05, 3.63) is 29.6 Å². The fraction of sp³-hybridized carbons (Fsp3) is 0.364. The van der Waals surface area contributed by atoms with Crippen LogP contribution in [-0.2, 0) is 4.79 Å². The van der Waals surface area contributed by atoms with Crippen molar-refractivity contribution in [1.29, 1.82) is 0 Å². The van der Waals surface area contributed by atoms with Gasteiger partial charge in [-0.05, 0) is 26.1 Å². The Morgan fingerprint density at radius 3 is 2.75 bits per heavy atom. The predicted molar refractivity (Wildman–Crippen MR) is 65.6 cm³/mol. The zero-order chi connectivity index (χ0) is 11.3. The molecule has 0 atom stereocenters. The van der Waals surface area contributed by atoms with E-state index in [1.807, 2.05) is 0 Å². The lowest BCUT2D eigenvalue weighted by molar-refractivity contribution is -0.116. The van der Waals surface area contributed by atoms with Gasteiger partial charge >= 0.3 is 0 Å². The number of halogens is 2. The molecule has 0 fully saturated rings. The molecule has 0 saturated heterocycles. The normalized spacial score (nSPS) is 9.44. The monoisotopic (exact) mass is 246 g/mol. The lowest BCUT2D eigenvalue weighted by atomic mass is 10.2. The highest BCUT2D eigenvalue weighted by Crippen LogP contribution is 2.17. The van der Waals surface area contributed by atoms with Crippen LogP contribution in [0, 0.1) is 12.7 Å². The van der Waals surface area contributed by atoms with E-state index in [0.717, 1.165) is 0 Å². The first-order valence-electron chi connectivity index (χ1n) is 4.84. The predicted octanol–water partition coefficient (Wildman–Crippen LogP) is 2.10. The molecule has 0 aromatic heterocycles. The van der Waals surface area contributed by atoms with E-state index < -0.39 is 0 Å². The Hall–Kier alpha value is -1.13. The highest BCUT2D eigenvalue weighted by Gasteiger charge is 2.06. The molecule has 0 unspecified atom stereocenters. The van der Waals surface area contributed by atoms with Crippen molar-refractivity contribution in [3.63, 3.8) is 0 Å². The van der Waals surface area contributed by atoms with Gasteiger partial charge in [-0.1, -0.05) is 6.07 Å². The lowest BCUT2D eigenvalue weighted by Gasteiger charge is -2.08. The van der Waals surface area contributed by atoms with Crippen LogP contribution in [0.25, 0.3) is 0 Å². The quantitative estimate of drug-likeness (QED) is 0.854. The Kier molecular flexibility index (Phi) is 6.69. The summed E-state index contributed by atoms with van der Waals surface area (Å²) in [6, 6.07) is 4.64. The summed E-state index contributed by atoms with van der Waals surface area (Å²) >= 11 is 0. The van der Waals surface area contributed by atoms with Crippen LogP contribution < -0.4 is 10.6 Å². The molecule has 0 aliphatic heterocycles. The Bertz CT molecular complexity index is 358. The molecule has 0 aliphatic carbocycles. The fourth-order valence-corrected chi connectivity index (χ4v) is 1.19. The van der Waals surface area contributed by atoms with Crippen molar-refractivity contribution >= 4 is 24.0 Å². The van der Waals surface area contributed by atoms with Gasteiger partial charge in [0.15, 0.2) is 0 Å². The third-order valence-corrected chi connectivity index (χ3v) is 2.14. The second-order valence-corrected chi connectivity index (χ2v) is 3.31. The summed E-state index contributed by atoms with van der Waals surface area (Å²) in [7, 11) is 1.78. The first-order chi connectivity index (χ1) is 7.15. The van der Waals surface area contributed by atoms with E-state index in [9.17, 15) is 9.18 Å². The van der Waals surface area contributed by atoms with Crippen LogP contribution in [0.4, 0.5) is 10.1 Å². The second kappa shape index (κ2) is 7.19. The molecule has 0 heterocycles. The van der Waals surface area contributed by atoms with Crippen LogP contribution >= 0.6 is 12.4 Å². The van der Waals surface area contributed by atoms with Gasteiger partial charge in [0, 0.05) is 24.2 Å². The Morgan fingerprint density at radius 1 is 1.44 bits per heavy atom. The Balaban J connectivity index is 0.00000225. The van der Waals surface area contributed by atoms with Gasteiger partial charge in [-0.3, -0.25) is 4.79 Å². The van der Waals surface area contributed by atoms with Crippen molar-refractivity contribution in [2.75, 3.05) is 18.9 Å². The number of nitrogens with one attached hydrogen (secondary N) is 2. The Labute approximate surface area is 101 Å². The highest BCUT2D eigenvalue weighted by molar-refractivity contribution is 5.91. The smallest absolute Gasteiger partial charge is 0.225 e. The molecule has 16 heavy (non-hydrogen) atoms. The number of carbonyl (C=O) groups is 1. The molecule has 1 aromatic rings. The molecule has 90 valence electrons. The van der Waals surface area contributed by atoms with E-state index in [2.05, 4.69) is 10.6 Å². The lowest BCUT2D eigenvalue weighted by Crippen LogP contribution is -2.19. The molecule has 0 bridgehead atoms. The maximum atomic E-state index is 13.1. The first-order valence-corrected chi connectivity index (χ1v) is 4.84. The van der Waals surface area contributed by atoms with Crippen LogP contribution in [0.1, 0.15) is 12.0 Å². The minimum atomic E-state index is -0.304. The number of rotatable bonds is 4. The van der Waals surface area contributed by atoms with Crippen molar-refractivity contribution in [3.8, 4) is 0 Å². The summed E-state index contributed by atoms with van der Waals surface area (Å²) < 4.78 is 13.1. The number of anilines is 1. The molecule has 0 aliphatic rings. The summed E-state index contributed by atoms with van der Waals surface area (Å²) in [6.07, 6.45) is 0.381. The van der Waals surface area contributed by atoms with E-state index in [1.54, 1.807) is 26.1 Å². The fourth-order valence-electron chi connectivity index (χ4n) is 1.19. The van der Waals surface area contributed by atoms with Crippen molar-refractivity contribution in [2.45, 2.75) is 13.3 Å². The minimum Gasteiger partial charge on any atom is -0.326 e. The average Bonchev–Trinajstić information content (AvgIpc) is 2.22. The molecule has 1 rings (SSSR count). The largest absolute Gasteiger partial charge is 0.326 e.